The lowest BCUT2D eigenvalue weighted by atomic mass is 10.0. The molecule has 1 aromatic rings. The molecule has 0 aliphatic carbocycles. The van der Waals surface area contributed by atoms with Crippen molar-refractivity contribution in [2.45, 2.75) is 39.3 Å². The summed E-state index contributed by atoms with van der Waals surface area (Å²) in [4.78, 5) is 23.7. The molecule has 0 heterocycles. The number of amides is 2. The van der Waals surface area contributed by atoms with Gasteiger partial charge < -0.3 is 20.7 Å². The number of rotatable bonds is 9. The highest BCUT2D eigenvalue weighted by molar-refractivity contribution is 5.85. The molecule has 2 atom stereocenters. The van der Waals surface area contributed by atoms with Crippen molar-refractivity contribution in [3.05, 3.63) is 29.8 Å². The summed E-state index contributed by atoms with van der Waals surface area (Å²) in [5.74, 6) is 0.389. The normalized spacial score (nSPS) is 12.5. The van der Waals surface area contributed by atoms with Crippen molar-refractivity contribution >= 4 is 24.2 Å². The summed E-state index contributed by atoms with van der Waals surface area (Å²) >= 11 is 0. The molecular weight excluding hydrogens is 330 g/mol. The SMILES string of the molecule is CCOc1ccccc1C(CC(=O)NCC(C)NC)NC(C)=O.Cl. The average Bonchev–Trinajstić information content (AvgIpc) is 2.52. The molecule has 0 fully saturated rings. The number of nitrogens with one attached hydrogen (secondary N) is 3. The summed E-state index contributed by atoms with van der Waals surface area (Å²) in [5.41, 5.74) is 0.807. The van der Waals surface area contributed by atoms with Crippen LogP contribution in [0.1, 0.15) is 38.8 Å². The molecule has 0 aliphatic rings. The summed E-state index contributed by atoms with van der Waals surface area (Å²) < 4.78 is 5.60. The smallest absolute Gasteiger partial charge is 0.222 e. The van der Waals surface area contributed by atoms with Crippen LogP contribution in [0.5, 0.6) is 5.75 Å². The van der Waals surface area contributed by atoms with E-state index in [0.29, 0.717) is 18.9 Å². The summed E-state index contributed by atoms with van der Waals surface area (Å²) in [6.45, 7) is 6.38. The van der Waals surface area contributed by atoms with Crippen molar-refractivity contribution in [3.8, 4) is 5.75 Å². The molecule has 1 rings (SSSR count). The molecule has 6 nitrogen and oxygen atoms in total. The Morgan fingerprint density at radius 1 is 1.25 bits per heavy atom. The fourth-order valence-electron chi connectivity index (χ4n) is 2.17. The third-order valence-electron chi connectivity index (χ3n) is 3.46. The number of benzene rings is 1. The Hall–Kier alpha value is -1.79. The quantitative estimate of drug-likeness (QED) is 0.629. The second kappa shape index (κ2) is 11.7. The van der Waals surface area contributed by atoms with E-state index in [0.717, 1.165) is 5.56 Å². The van der Waals surface area contributed by atoms with Crippen LogP contribution in [0, 0.1) is 0 Å². The van der Waals surface area contributed by atoms with Crippen LogP contribution >= 0.6 is 12.4 Å². The first kappa shape index (κ1) is 22.2. The standard InChI is InChI=1S/C17H27N3O3.ClH/c1-5-23-16-9-7-6-8-14(16)15(20-13(3)21)10-17(22)19-11-12(2)18-4;/h6-9,12,15,18H,5,10-11H2,1-4H3,(H,19,22)(H,20,21);1H. The maximum Gasteiger partial charge on any atom is 0.222 e. The first-order chi connectivity index (χ1) is 11.0. The Labute approximate surface area is 150 Å². The van der Waals surface area contributed by atoms with Crippen molar-refractivity contribution < 1.29 is 14.3 Å². The molecule has 0 aliphatic heterocycles. The summed E-state index contributed by atoms with van der Waals surface area (Å²) in [6.07, 6.45) is 0.167. The average molecular weight is 358 g/mol. The molecule has 2 unspecified atom stereocenters. The van der Waals surface area contributed by atoms with Crippen molar-refractivity contribution in [2.75, 3.05) is 20.2 Å². The predicted molar refractivity (Wildman–Crippen MR) is 97.6 cm³/mol. The van der Waals surface area contributed by atoms with Crippen LogP contribution in [-0.2, 0) is 9.59 Å². The fraction of sp³-hybridized carbons (Fsp3) is 0.529. The molecule has 24 heavy (non-hydrogen) atoms. The van der Waals surface area contributed by atoms with Crippen molar-refractivity contribution in [2.24, 2.45) is 0 Å². The Balaban J connectivity index is 0.00000529. The van der Waals surface area contributed by atoms with Gasteiger partial charge in [0.1, 0.15) is 5.75 Å². The van der Waals surface area contributed by atoms with Crippen molar-refractivity contribution in [1.82, 2.24) is 16.0 Å². The number of likely N-dealkylation sites (N-methyl/N-ethyl adjacent to an activating group) is 1. The summed E-state index contributed by atoms with van der Waals surface area (Å²) in [7, 11) is 1.84. The molecule has 0 saturated heterocycles. The lowest BCUT2D eigenvalue weighted by Gasteiger charge is -2.21. The number of hydrogen-bond donors (Lipinski definition) is 3. The van der Waals surface area contributed by atoms with E-state index in [1.807, 2.05) is 45.2 Å². The topological polar surface area (TPSA) is 79.5 Å². The zero-order valence-electron chi connectivity index (χ0n) is 14.7. The summed E-state index contributed by atoms with van der Waals surface area (Å²) in [6, 6.07) is 7.22. The van der Waals surface area contributed by atoms with Gasteiger partial charge in [-0.1, -0.05) is 18.2 Å². The molecule has 0 radical (unpaired) electrons. The van der Waals surface area contributed by atoms with Gasteiger partial charge in [0, 0.05) is 25.1 Å². The Kier molecular flexibility index (Phi) is 10.8. The first-order valence-electron chi connectivity index (χ1n) is 7.90. The highest BCUT2D eigenvalue weighted by Crippen LogP contribution is 2.27. The number of carbonyl (C=O) groups is 2. The second-order valence-corrected chi connectivity index (χ2v) is 5.42. The van der Waals surface area contributed by atoms with E-state index < -0.39 is 6.04 Å². The fourth-order valence-corrected chi connectivity index (χ4v) is 2.17. The molecule has 3 N–H and O–H groups in total. The zero-order valence-corrected chi connectivity index (χ0v) is 15.5. The first-order valence-corrected chi connectivity index (χ1v) is 7.90. The molecule has 1 aromatic carbocycles. The summed E-state index contributed by atoms with van der Waals surface area (Å²) in [5, 5.41) is 8.76. The van der Waals surface area contributed by atoms with Crippen LogP contribution in [0.25, 0.3) is 0 Å². The van der Waals surface area contributed by atoms with Gasteiger partial charge in [0.2, 0.25) is 11.8 Å². The van der Waals surface area contributed by atoms with E-state index in [1.54, 1.807) is 0 Å². The van der Waals surface area contributed by atoms with E-state index in [9.17, 15) is 9.59 Å². The molecule has 0 aromatic heterocycles. The highest BCUT2D eigenvalue weighted by atomic mass is 35.5. The van der Waals surface area contributed by atoms with Crippen molar-refractivity contribution in [3.63, 3.8) is 0 Å². The van der Waals surface area contributed by atoms with Crippen LogP contribution in [0.4, 0.5) is 0 Å². The molecule has 136 valence electrons. The monoisotopic (exact) mass is 357 g/mol. The van der Waals surface area contributed by atoms with Crippen LogP contribution in [0.15, 0.2) is 24.3 Å². The maximum atomic E-state index is 12.2. The minimum atomic E-state index is -0.417. The van der Waals surface area contributed by atoms with Gasteiger partial charge in [0.25, 0.3) is 0 Å². The lowest BCUT2D eigenvalue weighted by Crippen LogP contribution is -2.39. The number of ether oxygens (including phenoxy) is 1. The van der Waals surface area contributed by atoms with Gasteiger partial charge in [-0.3, -0.25) is 9.59 Å². The van der Waals surface area contributed by atoms with E-state index in [-0.39, 0.29) is 36.7 Å². The zero-order chi connectivity index (χ0) is 17.2. The number of para-hydroxylation sites is 1. The van der Waals surface area contributed by atoms with E-state index in [4.69, 9.17) is 4.74 Å². The Morgan fingerprint density at radius 3 is 2.50 bits per heavy atom. The molecule has 0 spiro atoms. The third-order valence-corrected chi connectivity index (χ3v) is 3.46. The maximum absolute atomic E-state index is 12.2. The largest absolute Gasteiger partial charge is 0.494 e. The third kappa shape index (κ3) is 7.66. The van der Waals surface area contributed by atoms with E-state index >= 15 is 0 Å². The number of carbonyl (C=O) groups excluding carboxylic acids is 2. The van der Waals surface area contributed by atoms with E-state index in [2.05, 4.69) is 16.0 Å². The van der Waals surface area contributed by atoms with Gasteiger partial charge in [0.05, 0.1) is 19.1 Å². The molecule has 7 heteroatoms. The van der Waals surface area contributed by atoms with Crippen LogP contribution in [-0.4, -0.2) is 38.1 Å². The van der Waals surface area contributed by atoms with Crippen LogP contribution < -0.4 is 20.7 Å². The minimum absolute atomic E-state index is 0. The van der Waals surface area contributed by atoms with Gasteiger partial charge in [-0.2, -0.15) is 0 Å². The minimum Gasteiger partial charge on any atom is -0.494 e. The van der Waals surface area contributed by atoms with Gasteiger partial charge >= 0.3 is 0 Å². The van der Waals surface area contributed by atoms with E-state index in [1.165, 1.54) is 6.92 Å². The highest BCUT2D eigenvalue weighted by Gasteiger charge is 2.20. The number of halogens is 1. The van der Waals surface area contributed by atoms with Crippen LogP contribution in [0.2, 0.25) is 0 Å². The number of hydrogen-bond acceptors (Lipinski definition) is 4. The molecule has 0 saturated carbocycles. The van der Waals surface area contributed by atoms with Gasteiger partial charge in [-0.25, -0.2) is 0 Å². The lowest BCUT2D eigenvalue weighted by molar-refractivity contribution is -0.122. The molecular formula is C17H28ClN3O3. The Morgan fingerprint density at radius 2 is 1.92 bits per heavy atom. The van der Waals surface area contributed by atoms with Gasteiger partial charge in [-0.15, -0.1) is 12.4 Å². The van der Waals surface area contributed by atoms with Crippen LogP contribution in [0.3, 0.4) is 0 Å². The second-order valence-electron chi connectivity index (χ2n) is 5.42. The molecule has 0 bridgehead atoms. The molecule has 2 amide bonds. The van der Waals surface area contributed by atoms with Crippen molar-refractivity contribution in [1.29, 1.82) is 0 Å². The van der Waals surface area contributed by atoms with Gasteiger partial charge in [-0.05, 0) is 27.0 Å². The predicted octanol–water partition coefficient (Wildman–Crippen LogP) is 1.80. The Bertz CT molecular complexity index is 526. The van der Waals surface area contributed by atoms with Gasteiger partial charge in [0.15, 0.2) is 0 Å².